The summed E-state index contributed by atoms with van der Waals surface area (Å²) in [5.41, 5.74) is 5.59. The van der Waals surface area contributed by atoms with Gasteiger partial charge < -0.3 is 5.11 Å². The van der Waals surface area contributed by atoms with E-state index in [1.165, 1.54) is 23.1 Å². The number of rotatable bonds is 5. The van der Waals surface area contributed by atoms with Crippen LogP contribution in [0, 0.1) is 11.3 Å². The molecule has 0 radical (unpaired) electrons. The van der Waals surface area contributed by atoms with Crippen LogP contribution < -0.4 is 0 Å². The Balaban J connectivity index is 1.22. The van der Waals surface area contributed by atoms with Gasteiger partial charge >= 0.3 is 5.97 Å². The molecule has 2 fully saturated rings. The molecule has 3 nitrogen and oxygen atoms in total. The van der Waals surface area contributed by atoms with Crippen LogP contribution in [0.3, 0.4) is 0 Å². The Bertz CT molecular complexity index is 939. The molecule has 2 aliphatic carbocycles. The van der Waals surface area contributed by atoms with E-state index in [0.717, 1.165) is 60.8 Å². The topological polar surface area (TPSA) is 40.5 Å². The number of benzene rings is 2. The Kier molecular flexibility index (Phi) is 4.89. The third kappa shape index (κ3) is 3.48. The zero-order chi connectivity index (χ0) is 20.2. The number of aryl methyl sites for hydroxylation is 2. The first-order valence-electron chi connectivity index (χ1n) is 10.5. The first kappa shape index (κ1) is 19.4. The first-order chi connectivity index (χ1) is 13.9. The lowest BCUT2D eigenvalue weighted by molar-refractivity contribution is -0.164. The second-order valence-electron chi connectivity index (χ2n) is 9.14. The van der Waals surface area contributed by atoms with Crippen LogP contribution in [0.2, 0.25) is 10.0 Å². The average molecular weight is 430 g/mol. The van der Waals surface area contributed by atoms with E-state index in [1.807, 2.05) is 18.2 Å². The number of fused-ring (bicyclic) bond motifs is 1. The smallest absolute Gasteiger partial charge is 0.306 e. The van der Waals surface area contributed by atoms with Crippen molar-refractivity contribution in [3.63, 3.8) is 0 Å². The lowest BCUT2D eigenvalue weighted by atomic mass is 9.57. The van der Waals surface area contributed by atoms with Gasteiger partial charge in [-0.3, -0.25) is 9.69 Å². The van der Waals surface area contributed by atoms with Gasteiger partial charge in [0.2, 0.25) is 0 Å². The number of carboxylic acids is 1. The molecule has 152 valence electrons. The number of aliphatic carboxylic acids is 1. The monoisotopic (exact) mass is 429 g/mol. The van der Waals surface area contributed by atoms with Crippen LogP contribution in [0.5, 0.6) is 0 Å². The predicted octanol–water partition coefficient (Wildman–Crippen LogP) is 5.56. The van der Waals surface area contributed by atoms with Crippen LogP contribution >= 0.6 is 23.2 Å². The molecule has 0 amide bonds. The molecule has 1 saturated carbocycles. The average Bonchev–Trinajstić information content (AvgIpc) is 3.02. The summed E-state index contributed by atoms with van der Waals surface area (Å²) in [6.45, 7) is 2.13. The van der Waals surface area contributed by atoms with Crippen molar-refractivity contribution in [2.45, 2.75) is 44.6 Å². The fourth-order valence-electron chi connectivity index (χ4n) is 5.68. The van der Waals surface area contributed by atoms with Gasteiger partial charge in [0.25, 0.3) is 0 Å². The van der Waals surface area contributed by atoms with Gasteiger partial charge in [-0.15, -0.1) is 0 Å². The Hall–Kier alpha value is -1.55. The van der Waals surface area contributed by atoms with E-state index in [1.54, 1.807) is 0 Å². The fraction of sp³-hybridized carbons (Fsp3) is 0.458. The molecule has 1 heterocycles. The van der Waals surface area contributed by atoms with E-state index in [4.69, 9.17) is 28.3 Å². The molecule has 1 unspecified atom stereocenters. The van der Waals surface area contributed by atoms with Gasteiger partial charge in [-0.05, 0) is 78.3 Å². The van der Waals surface area contributed by atoms with Crippen molar-refractivity contribution in [3.05, 3.63) is 68.7 Å². The minimum absolute atomic E-state index is 0.109. The summed E-state index contributed by atoms with van der Waals surface area (Å²) in [4.78, 5) is 13.7. The lowest BCUT2D eigenvalue weighted by Gasteiger charge is -2.60. The van der Waals surface area contributed by atoms with E-state index >= 15 is 0 Å². The van der Waals surface area contributed by atoms with Crippen LogP contribution in [0.1, 0.15) is 47.6 Å². The van der Waals surface area contributed by atoms with E-state index < -0.39 is 5.97 Å². The van der Waals surface area contributed by atoms with Gasteiger partial charge in [-0.1, -0.05) is 47.5 Å². The molecule has 2 aromatic rings. The summed E-state index contributed by atoms with van der Waals surface area (Å²) in [6, 6.07) is 13.1. The summed E-state index contributed by atoms with van der Waals surface area (Å²) in [5, 5.41) is 10.6. The van der Waals surface area contributed by atoms with Crippen molar-refractivity contribution < 1.29 is 9.90 Å². The molecule has 1 N–H and O–H groups in total. The molecule has 1 spiro atoms. The lowest BCUT2D eigenvalue weighted by Crippen LogP contribution is -2.63. The van der Waals surface area contributed by atoms with E-state index in [9.17, 15) is 4.79 Å². The summed E-state index contributed by atoms with van der Waals surface area (Å²) in [6.07, 6.45) is 5.81. The number of carboxylic acid groups (broad SMARTS) is 1. The van der Waals surface area contributed by atoms with Crippen molar-refractivity contribution >= 4 is 29.2 Å². The standard InChI is InChI=1S/C24H25Cl2NO2/c25-20-2-1-3-21(26)19(20)8-5-15-4-7-18-16(10-15)6-9-22(18)27-13-24(14-27)11-17(12-24)23(28)29/h1-4,7,10,17,22H,5-6,8-9,11-14H2,(H,28,29). The Morgan fingerprint density at radius 2 is 1.83 bits per heavy atom. The minimum Gasteiger partial charge on any atom is -0.481 e. The normalized spacial score (nSPS) is 22.9. The molecule has 1 atom stereocenters. The predicted molar refractivity (Wildman–Crippen MR) is 116 cm³/mol. The van der Waals surface area contributed by atoms with Gasteiger partial charge in [-0.2, -0.15) is 0 Å². The van der Waals surface area contributed by atoms with Crippen LogP contribution in [0.4, 0.5) is 0 Å². The highest BCUT2D eigenvalue weighted by Gasteiger charge is 2.56. The van der Waals surface area contributed by atoms with Gasteiger partial charge in [0.05, 0.1) is 5.92 Å². The van der Waals surface area contributed by atoms with Gasteiger partial charge in [0, 0.05) is 29.2 Å². The number of hydrogen-bond acceptors (Lipinski definition) is 2. The first-order valence-corrected chi connectivity index (χ1v) is 11.2. The molecule has 1 saturated heterocycles. The molecule has 29 heavy (non-hydrogen) atoms. The highest BCUT2D eigenvalue weighted by molar-refractivity contribution is 6.35. The van der Waals surface area contributed by atoms with Crippen LogP contribution in [0.15, 0.2) is 36.4 Å². The molecule has 5 rings (SSSR count). The zero-order valence-corrected chi connectivity index (χ0v) is 17.8. The zero-order valence-electron chi connectivity index (χ0n) is 16.3. The SMILES string of the molecule is O=C(O)C1CC2(C1)CN(C1CCc3cc(CCc4c(Cl)cccc4Cl)ccc31)C2. The number of likely N-dealkylation sites (tertiary alicyclic amines) is 1. The van der Waals surface area contributed by atoms with Crippen LogP contribution in [-0.4, -0.2) is 29.1 Å². The van der Waals surface area contributed by atoms with Crippen molar-refractivity contribution in [2.75, 3.05) is 13.1 Å². The summed E-state index contributed by atoms with van der Waals surface area (Å²) in [5.74, 6) is -0.729. The third-order valence-electron chi connectivity index (χ3n) is 7.20. The van der Waals surface area contributed by atoms with E-state index in [-0.39, 0.29) is 5.92 Å². The second-order valence-corrected chi connectivity index (χ2v) is 9.95. The second kappa shape index (κ2) is 7.30. The molecule has 2 aromatic carbocycles. The van der Waals surface area contributed by atoms with Gasteiger partial charge in [-0.25, -0.2) is 0 Å². The maximum atomic E-state index is 11.1. The van der Waals surface area contributed by atoms with E-state index in [0.29, 0.717) is 11.5 Å². The maximum absolute atomic E-state index is 11.1. The number of nitrogens with zero attached hydrogens (tertiary/aromatic N) is 1. The summed E-state index contributed by atoms with van der Waals surface area (Å²) >= 11 is 12.6. The Labute approximate surface area is 181 Å². The number of halogens is 2. The van der Waals surface area contributed by atoms with Crippen molar-refractivity contribution in [1.29, 1.82) is 0 Å². The van der Waals surface area contributed by atoms with Gasteiger partial charge in [0.1, 0.15) is 0 Å². The Morgan fingerprint density at radius 1 is 1.10 bits per heavy atom. The highest BCUT2D eigenvalue weighted by atomic mass is 35.5. The number of hydrogen-bond donors (Lipinski definition) is 1. The highest BCUT2D eigenvalue weighted by Crippen LogP contribution is 2.55. The molecular weight excluding hydrogens is 405 g/mol. The van der Waals surface area contributed by atoms with Crippen LogP contribution in [-0.2, 0) is 24.1 Å². The maximum Gasteiger partial charge on any atom is 0.306 e. The molecule has 0 aromatic heterocycles. The molecule has 3 aliphatic rings. The summed E-state index contributed by atoms with van der Waals surface area (Å²) in [7, 11) is 0. The van der Waals surface area contributed by atoms with Crippen molar-refractivity contribution in [3.8, 4) is 0 Å². The fourth-order valence-corrected chi connectivity index (χ4v) is 6.26. The Morgan fingerprint density at radius 3 is 2.52 bits per heavy atom. The molecular formula is C24H25Cl2NO2. The summed E-state index contributed by atoms with van der Waals surface area (Å²) < 4.78 is 0. The molecule has 0 bridgehead atoms. The van der Waals surface area contributed by atoms with Gasteiger partial charge in [0.15, 0.2) is 0 Å². The van der Waals surface area contributed by atoms with Crippen molar-refractivity contribution in [1.82, 2.24) is 4.90 Å². The number of carbonyl (C=O) groups is 1. The quantitative estimate of drug-likeness (QED) is 0.675. The molecule has 1 aliphatic heterocycles. The third-order valence-corrected chi connectivity index (χ3v) is 7.91. The molecule has 5 heteroatoms. The minimum atomic E-state index is -0.620. The van der Waals surface area contributed by atoms with Crippen LogP contribution in [0.25, 0.3) is 0 Å². The largest absolute Gasteiger partial charge is 0.481 e. The van der Waals surface area contributed by atoms with Crippen molar-refractivity contribution in [2.24, 2.45) is 11.3 Å². The van der Waals surface area contributed by atoms with E-state index in [2.05, 4.69) is 23.1 Å².